The highest BCUT2D eigenvalue weighted by Crippen LogP contribution is 2.14. The summed E-state index contributed by atoms with van der Waals surface area (Å²) in [7, 11) is 0. The summed E-state index contributed by atoms with van der Waals surface area (Å²) in [5, 5.41) is 0. The summed E-state index contributed by atoms with van der Waals surface area (Å²) >= 11 is 0. The minimum Gasteiger partial charge on any atom is -0.462 e. The van der Waals surface area contributed by atoms with Crippen LogP contribution >= 0.6 is 0 Å². The van der Waals surface area contributed by atoms with Gasteiger partial charge < -0.3 is 14.2 Å². The summed E-state index contributed by atoms with van der Waals surface area (Å²) in [6.45, 7) is 6.33. The van der Waals surface area contributed by atoms with E-state index in [1.807, 2.05) is 0 Å². The SMILES string of the molecule is CC/C=C\C/C=C\C/C=C\C/C=C\C/C=C\CCCC(=O)OC[C@H](COC(=O)CCCCCCC/C=C\C/C=C\C/C=C\CC)OC(=O)CCCCCCCCCCCCCC. The van der Waals surface area contributed by atoms with Crippen LogP contribution in [0.3, 0.4) is 0 Å². The van der Waals surface area contributed by atoms with Crippen LogP contribution in [0, 0.1) is 0 Å². The van der Waals surface area contributed by atoms with E-state index in [0.717, 1.165) is 116 Å². The largest absolute Gasteiger partial charge is 0.462 e. The fourth-order valence-electron chi connectivity index (χ4n) is 6.61. The van der Waals surface area contributed by atoms with Gasteiger partial charge in [-0.05, 0) is 89.9 Å². The molecule has 0 aromatic rings. The van der Waals surface area contributed by atoms with Gasteiger partial charge in [0.2, 0.25) is 0 Å². The van der Waals surface area contributed by atoms with Crippen LogP contribution in [-0.4, -0.2) is 37.2 Å². The quantitative estimate of drug-likeness (QED) is 0.0263. The van der Waals surface area contributed by atoms with Crippen molar-refractivity contribution >= 4 is 17.9 Å². The van der Waals surface area contributed by atoms with Gasteiger partial charge in [-0.1, -0.05) is 208 Å². The molecule has 0 aliphatic rings. The van der Waals surface area contributed by atoms with Crippen molar-refractivity contribution in [2.24, 2.45) is 0 Å². The average Bonchev–Trinajstić information content (AvgIpc) is 3.27. The maximum Gasteiger partial charge on any atom is 0.306 e. The number of esters is 3. The lowest BCUT2D eigenvalue weighted by molar-refractivity contribution is -0.167. The third kappa shape index (κ3) is 47.4. The van der Waals surface area contributed by atoms with Crippen LogP contribution in [-0.2, 0) is 28.6 Å². The van der Waals surface area contributed by atoms with Crippen LogP contribution in [0.1, 0.15) is 220 Å². The topological polar surface area (TPSA) is 78.9 Å². The van der Waals surface area contributed by atoms with Gasteiger partial charge in [-0.3, -0.25) is 14.4 Å². The molecule has 0 aliphatic heterocycles. The van der Waals surface area contributed by atoms with E-state index in [2.05, 4.69) is 118 Å². The first-order valence-electron chi connectivity index (χ1n) is 25.2. The molecule has 1 atom stereocenters. The van der Waals surface area contributed by atoms with Gasteiger partial charge in [-0.15, -0.1) is 0 Å². The molecule has 0 saturated carbocycles. The highest BCUT2D eigenvalue weighted by molar-refractivity contribution is 5.71. The number of hydrogen-bond acceptors (Lipinski definition) is 6. The van der Waals surface area contributed by atoms with Crippen LogP contribution in [0.15, 0.2) is 97.2 Å². The van der Waals surface area contributed by atoms with Crippen molar-refractivity contribution in [3.05, 3.63) is 97.2 Å². The smallest absolute Gasteiger partial charge is 0.306 e. The van der Waals surface area contributed by atoms with E-state index in [1.165, 1.54) is 57.8 Å². The number of ether oxygens (including phenoxy) is 3. The summed E-state index contributed by atoms with van der Waals surface area (Å²) in [6, 6.07) is 0. The van der Waals surface area contributed by atoms with Gasteiger partial charge in [-0.2, -0.15) is 0 Å². The van der Waals surface area contributed by atoms with Crippen molar-refractivity contribution < 1.29 is 28.6 Å². The lowest BCUT2D eigenvalue weighted by Crippen LogP contribution is -2.30. The van der Waals surface area contributed by atoms with E-state index >= 15 is 0 Å². The Morgan fingerprint density at radius 1 is 0.339 bits per heavy atom. The molecular weight excluding hydrogens is 769 g/mol. The Hall–Kier alpha value is -3.67. The average molecular weight is 861 g/mol. The van der Waals surface area contributed by atoms with Crippen molar-refractivity contribution in [2.75, 3.05) is 13.2 Å². The number of unbranched alkanes of at least 4 members (excludes halogenated alkanes) is 17. The standard InChI is InChI=1S/C56H92O6/c1-4-7-10-13-16-19-22-25-27-28-30-32-35-37-40-43-46-49-55(58)61-52-53(62-56(59)50-47-44-41-38-33-24-21-18-15-12-9-6-3)51-60-54(57)48-45-42-39-36-34-31-29-26-23-20-17-14-11-8-5-2/h7-8,10-11,16-17,19-20,25-27,29-30,32,37,40,53H,4-6,9,12-15,18,21-24,28,31,33-36,38-39,41-52H2,1-3H3/b10-7-,11-8-,19-16-,20-17-,27-25-,29-26-,32-30-,40-37-/t53-/m0/s1. The molecule has 352 valence electrons. The Morgan fingerprint density at radius 3 is 1.05 bits per heavy atom. The third-order valence-corrected chi connectivity index (χ3v) is 10.3. The molecule has 0 fully saturated rings. The van der Waals surface area contributed by atoms with Crippen LogP contribution in [0.4, 0.5) is 0 Å². The monoisotopic (exact) mass is 861 g/mol. The van der Waals surface area contributed by atoms with Crippen LogP contribution in [0.2, 0.25) is 0 Å². The molecule has 0 radical (unpaired) electrons. The second-order valence-electron chi connectivity index (χ2n) is 16.3. The summed E-state index contributed by atoms with van der Waals surface area (Å²) in [5.41, 5.74) is 0. The van der Waals surface area contributed by atoms with E-state index in [0.29, 0.717) is 19.3 Å². The van der Waals surface area contributed by atoms with Gasteiger partial charge >= 0.3 is 17.9 Å². The fraction of sp³-hybridized carbons (Fsp3) is 0.661. The second-order valence-corrected chi connectivity index (χ2v) is 16.3. The zero-order valence-corrected chi connectivity index (χ0v) is 40.1. The molecule has 0 aliphatic carbocycles. The molecule has 0 bridgehead atoms. The molecule has 0 spiro atoms. The van der Waals surface area contributed by atoms with Gasteiger partial charge in [0, 0.05) is 19.3 Å². The Kier molecular flexibility index (Phi) is 47.0. The molecule has 0 aromatic heterocycles. The molecule has 0 N–H and O–H groups in total. The molecule has 62 heavy (non-hydrogen) atoms. The van der Waals surface area contributed by atoms with Gasteiger partial charge in [-0.25, -0.2) is 0 Å². The Balaban J connectivity index is 4.50. The van der Waals surface area contributed by atoms with Crippen molar-refractivity contribution in [2.45, 2.75) is 226 Å². The predicted molar refractivity (Wildman–Crippen MR) is 265 cm³/mol. The van der Waals surface area contributed by atoms with Gasteiger partial charge in [0.1, 0.15) is 13.2 Å². The number of carbonyl (C=O) groups is 3. The highest BCUT2D eigenvalue weighted by atomic mass is 16.6. The van der Waals surface area contributed by atoms with E-state index in [1.54, 1.807) is 0 Å². The summed E-state index contributed by atoms with van der Waals surface area (Å²) in [6.07, 6.45) is 65.3. The number of carbonyl (C=O) groups excluding carboxylic acids is 3. The molecular formula is C56H92O6. The van der Waals surface area contributed by atoms with Crippen molar-refractivity contribution in [3.63, 3.8) is 0 Å². The first kappa shape index (κ1) is 58.3. The van der Waals surface area contributed by atoms with Gasteiger partial charge in [0.15, 0.2) is 6.10 Å². The highest BCUT2D eigenvalue weighted by Gasteiger charge is 2.19. The molecule has 0 aromatic carbocycles. The number of hydrogen-bond donors (Lipinski definition) is 0. The van der Waals surface area contributed by atoms with Crippen molar-refractivity contribution in [1.29, 1.82) is 0 Å². The van der Waals surface area contributed by atoms with Crippen molar-refractivity contribution in [3.8, 4) is 0 Å². The normalized spacial score (nSPS) is 12.9. The van der Waals surface area contributed by atoms with E-state index in [9.17, 15) is 14.4 Å². The second kappa shape index (κ2) is 50.0. The lowest BCUT2D eigenvalue weighted by atomic mass is 10.0. The Labute approximate surface area is 381 Å². The summed E-state index contributed by atoms with van der Waals surface area (Å²) in [5.74, 6) is -0.983. The van der Waals surface area contributed by atoms with Crippen LogP contribution in [0.5, 0.6) is 0 Å². The van der Waals surface area contributed by atoms with Crippen LogP contribution < -0.4 is 0 Å². The third-order valence-electron chi connectivity index (χ3n) is 10.3. The van der Waals surface area contributed by atoms with Gasteiger partial charge in [0.25, 0.3) is 0 Å². The minimum atomic E-state index is -0.805. The molecule has 6 nitrogen and oxygen atoms in total. The van der Waals surface area contributed by atoms with E-state index in [4.69, 9.17) is 14.2 Å². The van der Waals surface area contributed by atoms with E-state index < -0.39 is 6.10 Å². The zero-order chi connectivity index (χ0) is 45.1. The predicted octanol–water partition coefficient (Wildman–Crippen LogP) is 16.6. The molecule has 0 amide bonds. The first-order chi connectivity index (χ1) is 30.5. The minimum absolute atomic E-state index is 0.104. The van der Waals surface area contributed by atoms with E-state index in [-0.39, 0.29) is 37.5 Å². The van der Waals surface area contributed by atoms with Crippen molar-refractivity contribution in [1.82, 2.24) is 0 Å². The fourth-order valence-corrected chi connectivity index (χ4v) is 6.61. The number of allylic oxidation sites excluding steroid dienone is 16. The molecule has 0 saturated heterocycles. The number of rotatable bonds is 44. The van der Waals surface area contributed by atoms with Crippen LogP contribution in [0.25, 0.3) is 0 Å². The molecule has 0 unspecified atom stereocenters. The summed E-state index contributed by atoms with van der Waals surface area (Å²) in [4.78, 5) is 37.9. The Morgan fingerprint density at radius 2 is 0.645 bits per heavy atom. The summed E-state index contributed by atoms with van der Waals surface area (Å²) < 4.78 is 16.7. The Bertz CT molecular complexity index is 1260. The van der Waals surface area contributed by atoms with Gasteiger partial charge in [0.05, 0.1) is 0 Å². The maximum atomic E-state index is 12.8. The zero-order valence-electron chi connectivity index (χ0n) is 40.1. The maximum absolute atomic E-state index is 12.8. The molecule has 6 heteroatoms. The lowest BCUT2D eigenvalue weighted by Gasteiger charge is -2.18. The molecule has 0 heterocycles. The first-order valence-corrected chi connectivity index (χ1v) is 25.2. The molecule has 0 rings (SSSR count).